The van der Waals surface area contributed by atoms with E-state index in [-0.39, 0.29) is 11.7 Å². The smallest absolute Gasteiger partial charge is 0.246 e. The van der Waals surface area contributed by atoms with Crippen molar-refractivity contribution in [1.29, 1.82) is 0 Å². The number of nitrogens with zero attached hydrogens (tertiary/aromatic N) is 2. The van der Waals surface area contributed by atoms with E-state index in [9.17, 15) is 9.59 Å². The van der Waals surface area contributed by atoms with Crippen LogP contribution in [0.15, 0.2) is 22.7 Å². The van der Waals surface area contributed by atoms with Crippen molar-refractivity contribution in [1.82, 2.24) is 0 Å². The van der Waals surface area contributed by atoms with Crippen LogP contribution in [0.5, 0.6) is 0 Å². The Morgan fingerprint density at radius 2 is 2.11 bits per heavy atom. The molecule has 4 nitrogen and oxygen atoms in total. The van der Waals surface area contributed by atoms with Crippen molar-refractivity contribution >= 4 is 39.0 Å². The Labute approximate surface area is 115 Å². The van der Waals surface area contributed by atoms with Crippen molar-refractivity contribution in [3.8, 4) is 0 Å². The lowest BCUT2D eigenvalue weighted by molar-refractivity contribution is -0.118. The standard InChI is InChI=1S/C13H15BrN2O2/c1-9(17)5-6-16-8-13(18)15(2)11-4-3-10(14)7-12(11)16/h3-4,7H,5-6,8H2,1-2H3. The average Bonchev–Trinajstić information content (AvgIpc) is 2.31. The summed E-state index contributed by atoms with van der Waals surface area (Å²) in [6, 6.07) is 5.81. The number of rotatable bonds is 3. The number of hydrogen-bond donors (Lipinski definition) is 0. The van der Waals surface area contributed by atoms with E-state index >= 15 is 0 Å². The van der Waals surface area contributed by atoms with Gasteiger partial charge in [0.1, 0.15) is 5.78 Å². The van der Waals surface area contributed by atoms with Crippen molar-refractivity contribution in [2.75, 3.05) is 29.9 Å². The molecule has 0 saturated carbocycles. The van der Waals surface area contributed by atoms with Crippen LogP contribution >= 0.6 is 15.9 Å². The number of amides is 1. The number of carbonyl (C=O) groups excluding carboxylic acids is 2. The third kappa shape index (κ3) is 2.56. The molecule has 5 heteroatoms. The fraction of sp³-hybridized carbons (Fsp3) is 0.385. The number of likely N-dealkylation sites (N-methyl/N-ethyl adjacent to an activating group) is 1. The summed E-state index contributed by atoms with van der Waals surface area (Å²) >= 11 is 3.44. The third-order valence-corrected chi connectivity index (χ3v) is 3.57. The van der Waals surface area contributed by atoms with Gasteiger partial charge in [-0.2, -0.15) is 0 Å². The fourth-order valence-electron chi connectivity index (χ4n) is 2.01. The monoisotopic (exact) mass is 310 g/mol. The van der Waals surface area contributed by atoms with Gasteiger partial charge in [0.25, 0.3) is 0 Å². The van der Waals surface area contributed by atoms with Gasteiger partial charge >= 0.3 is 0 Å². The Bertz CT molecular complexity index is 502. The highest BCUT2D eigenvalue weighted by atomic mass is 79.9. The van der Waals surface area contributed by atoms with Gasteiger partial charge in [-0.1, -0.05) is 15.9 Å². The van der Waals surface area contributed by atoms with Gasteiger partial charge in [0.2, 0.25) is 5.91 Å². The molecule has 0 unspecified atom stereocenters. The topological polar surface area (TPSA) is 40.6 Å². The van der Waals surface area contributed by atoms with Crippen LogP contribution in [0.3, 0.4) is 0 Å². The lowest BCUT2D eigenvalue weighted by Gasteiger charge is -2.35. The number of fused-ring (bicyclic) bond motifs is 1. The van der Waals surface area contributed by atoms with E-state index in [0.717, 1.165) is 15.8 Å². The maximum Gasteiger partial charge on any atom is 0.246 e. The highest BCUT2D eigenvalue weighted by Crippen LogP contribution is 2.35. The second kappa shape index (κ2) is 5.10. The van der Waals surface area contributed by atoms with Crippen molar-refractivity contribution in [2.24, 2.45) is 0 Å². The molecule has 1 aromatic rings. The SMILES string of the molecule is CC(=O)CCN1CC(=O)N(C)c2ccc(Br)cc21. The average molecular weight is 311 g/mol. The van der Waals surface area contributed by atoms with Crippen LogP contribution in [0, 0.1) is 0 Å². The van der Waals surface area contributed by atoms with Gasteiger partial charge in [0.15, 0.2) is 0 Å². The number of anilines is 2. The quantitative estimate of drug-likeness (QED) is 0.859. The molecule has 0 fully saturated rings. The summed E-state index contributed by atoms with van der Waals surface area (Å²) in [5.41, 5.74) is 1.88. The summed E-state index contributed by atoms with van der Waals surface area (Å²) < 4.78 is 0.969. The third-order valence-electron chi connectivity index (χ3n) is 3.07. The van der Waals surface area contributed by atoms with Crippen molar-refractivity contribution in [3.63, 3.8) is 0 Å². The molecule has 18 heavy (non-hydrogen) atoms. The Kier molecular flexibility index (Phi) is 3.71. The molecular weight excluding hydrogens is 296 g/mol. The maximum absolute atomic E-state index is 11.9. The zero-order valence-electron chi connectivity index (χ0n) is 10.4. The molecule has 1 aliphatic rings. The van der Waals surface area contributed by atoms with Gasteiger partial charge in [0, 0.05) is 24.5 Å². The predicted octanol–water partition coefficient (Wildman–Crippen LogP) is 2.21. The Morgan fingerprint density at radius 1 is 1.39 bits per heavy atom. The van der Waals surface area contributed by atoms with Crippen LogP contribution in [0.4, 0.5) is 11.4 Å². The molecule has 1 aliphatic heterocycles. The minimum Gasteiger partial charge on any atom is -0.360 e. The maximum atomic E-state index is 11.9. The first-order chi connectivity index (χ1) is 8.49. The van der Waals surface area contributed by atoms with Crippen molar-refractivity contribution in [3.05, 3.63) is 22.7 Å². The van der Waals surface area contributed by atoms with Gasteiger partial charge < -0.3 is 9.80 Å². The second-order valence-electron chi connectivity index (χ2n) is 4.46. The number of Topliss-reactive ketones (excluding diaryl/α,β-unsaturated/α-hetero) is 1. The summed E-state index contributed by atoms with van der Waals surface area (Å²) in [7, 11) is 1.78. The molecule has 2 rings (SSSR count). The van der Waals surface area contributed by atoms with E-state index in [2.05, 4.69) is 15.9 Å². The molecule has 96 valence electrons. The zero-order valence-corrected chi connectivity index (χ0v) is 12.0. The molecule has 1 heterocycles. The van der Waals surface area contributed by atoms with Gasteiger partial charge in [-0.05, 0) is 25.1 Å². The fourth-order valence-corrected chi connectivity index (χ4v) is 2.36. The lowest BCUT2D eigenvalue weighted by Crippen LogP contribution is -2.44. The summed E-state index contributed by atoms with van der Waals surface area (Å²) in [6.07, 6.45) is 0.461. The Hall–Kier alpha value is -1.36. The Balaban J connectivity index is 2.33. The molecule has 0 N–H and O–H groups in total. The van der Waals surface area contributed by atoms with Crippen LogP contribution in [0.25, 0.3) is 0 Å². The molecule has 1 aromatic carbocycles. The molecule has 1 amide bonds. The molecule has 0 aliphatic carbocycles. The summed E-state index contributed by atoms with van der Waals surface area (Å²) in [5.74, 6) is 0.186. The number of benzene rings is 1. The lowest BCUT2D eigenvalue weighted by atomic mass is 10.1. The molecule has 0 saturated heterocycles. The highest BCUT2D eigenvalue weighted by molar-refractivity contribution is 9.10. The minimum atomic E-state index is 0.0494. The van der Waals surface area contributed by atoms with E-state index in [1.807, 2.05) is 23.1 Å². The summed E-state index contributed by atoms with van der Waals surface area (Å²) in [6.45, 7) is 2.48. The van der Waals surface area contributed by atoms with Crippen LogP contribution in [0.1, 0.15) is 13.3 Å². The van der Waals surface area contributed by atoms with E-state index < -0.39 is 0 Å². The number of carbonyl (C=O) groups is 2. The van der Waals surface area contributed by atoms with E-state index in [1.165, 1.54) is 0 Å². The predicted molar refractivity (Wildman–Crippen MR) is 75.1 cm³/mol. The van der Waals surface area contributed by atoms with E-state index in [4.69, 9.17) is 0 Å². The minimum absolute atomic E-state index is 0.0494. The first-order valence-electron chi connectivity index (χ1n) is 5.79. The molecule has 0 radical (unpaired) electrons. The van der Waals surface area contributed by atoms with Gasteiger partial charge in [0.05, 0.1) is 17.9 Å². The number of ketones is 1. The Morgan fingerprint density at radius 3 is 2.78 bits per heavy atom. The van der Waals surface area contributed by atoms with Gasteiger partial charge in [-0.3, -0.25) is 9.59 Å². The van der Waals surface area contributed by atoms with E-state index in [1.54, 1.807) is 18.9 Å². The first kappa shape index (κ1) is 13.1. The summed E-state index contributed by atoms with van der Waals surface area (Å²) in [4.78, 5) is 26.6. The molecule has 0 spiro atoms. The zero-order chi connectivity index (χ0) is 13.3. The molecule has 0 aromatic heterocycles. The first-order valence-corrected chi connectivity index (χ1v) is 6.59. The van der Waals surface area contributed by atoms with Crippen LogP contribution in [-0.4, -0.2) is 31.8 Å². The van der Waals surface area contributed by atoms with Gasteiger partial charge in [-0.15, -0.1) is 0 Å². The second-order valence-corrected chi connectivity index (χ2v) is 5.38. The van der Waals surface area contributed by atoms with Crippen LogP contribution in [0.2, 0.25) is 0 Å². The van der Waals surface area contributed by atoms with Crippen LogP contribution < -0.4 is 9.80 Å². The van der Waals surface area contributed by atoms with Crippen molar-refractivity contribution in [2.45, 2.75) is 13.3 Å². The highest BCUT2D eigenvalue weighted by Gasteiger charge is 2.26. The number of halogens is 1. The largest absolute Gasteiger partial charge is 0.360 e. The molecule has 0 bridgehead atoms. The van der Waals surface area contributed by atoms with Crippen molar-refractivity contribution < 1.29 is 9.59 Å². The van der Waals surface area contributed by atoms with Gasteiger partial charge in [-0.25, -0.2) is 0 Å². The number of hydrogen-bond acceptors (Lipinski definition) is 3. The normalized spacial score (nSPS) is 14.7. The summed E-state index contributed by atoms with van der Waals surface area (Å²) in [5, 5.41) is 0. The van der Waals surface area contributed by atoms with Crippen LogP contribution in [-0.2, 0) is 9.59 Å². The molecule has 0 atom stereocenters. The van der Waals surface area contributed by atoms with E-state index in [0.29, 0.717) is 19.5 Å². The molecular formula is C13H15BrN2O2.